The van der Waals surface area contributed by atoms with E-state index >= 15 is 0 Å². The number of nitrogens with two attached hydrogens (primary N) is 1. The van der Waals surface area contributed by atoms with Crippen LogP contribution in [-0.2, 0) is 11.2 Å². The third-order valence-electron chi connectivity index (χ3n) is 3.69. The van der Waals surface area contributed by atoms with Crippen molar-refractivity contribution < 1.29 is 9.18 Å². The van der Waals surface area contributed by atoms with Gasteiger partial charge in [0.2, 0.25) is 5.91 Å². The van der Waals surface area contributed by atoms with Crippen molar-refractivity contribution in [2.45, 2.75) is 38.1 Å². The SMILES string of the molecule is Cl.NC1CCCC(C(=O)NCCc2cccc(F)c2)C1. The summed E-state index contributed by atoms with van der Waals surface area (Å²) in [6.07, 6.45) is 4.42. The molecule has 0 aliphatic heterocycles. The molecular formula is C15H22ClFN2O. The average Bonchev–Trinajstić information content (AvgIpc) is 2.38. The van der Waals surface area contributed by atoms with Crippen LogP contribution in [0.1, 0.15) is 31.2 Å². The van der Waals surface area contributed by atoms with Crippen LogP contribution < -0.4 is 11.1 Å². The van der Waals surface area contributed by atoms with Crippen LogP contribution in [0.4, 0.5) is 4.39 Å². The van der Waals surface area contributed by atoms with Gasteiger partial charge in [-0.15, -0.1) is 12.4 Å². The van der Waals surface area contributed by atoms with Gasteiger partial charge in [0, 0.05) is 18.5 Å². The van der Waals surface area contributed by atoms with E-state index in [2.05, 4.69) is 5.32 Å². The Morgan fingerprint density at radius 3 is 2.90 bits per heavy atom. The number of hydrogen-bond donors (Lipinski definition) is 2. The number of halogens is 2. The standard InChI is InChI=1S/C15H21FN2O.ClH/c16-13-5-1-3-11(9-13)7-8-18-15(19)12-4-2-6-14(17)10-12;/h1,3,5,9,12,14H,2,4,6-8,10,17H2,(H,18,19);1H. The molecule has 1 saturated carbocycles. The third kappa shape index (κ3) is 5.10. The van der Waals surface area contributed by atoms with Gasteiger partial charge in [-0.1, -0.05) is 18.6 Å². The Morgan fingerprint density at radius 2 is 2.20 bits per heavy atom. The van der Waals surface area contributed by atoms with E-state index in [0.29, 0.717) is 13.0 Å². The first-order valence-corrected chi connectivity index (χ1v) is 6.93. The molecule has 1 aromatic rings. The van der Waals surface area contributed by atoms with Crippen molar-refractivity contribution in [1.29, 1.82) is 0 Å². The van der Waals surface area contributed by atoms with Crippen molar-refractivity contribution in [3.05, 3.63) is 35.6 Å². The molecule has 2 rings (SSSR count). The van der Waals surface area contributed by atoms with E-state index in [4.69, 9.17) is 5.73 Å². The van der Waals surface area contributed by atoms with E-state index in [1.54, 1.807) is 6.07 Å². The monoisotopic (exact) mass is 300 g/mol. The summed E-state index contributed by atoms with van der Waals surface area (Å²) in [7, 11) is 0. The Balaban J connectivity index is 0.00000200. The Hall–Kier alpha value is -1.13. The first-order chi connectivity index (χ1) is 9.15. The highest BCUT2D eigenvalue weighted by Crippen LogP contribution is 2.23. The minimum absolute atomic E-state index is 0. The van der Waals surface area contributed by atoms with Gasteiger partial charge in [-0.25, -0.2) is 4.39 Å². The summed E-state index contributed by atoms with van der Waals surface area (Å²) in [5.74, 6) is -0.0927. The van der Waals surface area contributed by atoms with Crippen LogP contribution in [0.15, 0.2) is 24.3 Å². The maximum Gasteiger partial charge on any atom is 0.223 e. The van der Waals surface area contributed by atoms with E-state index in [9.17, 15) is 9.18 Å². The lowest BCUT2D eigenvalue weighted by Crippen LogP contribution is -2.38. The highest BCUT2D eigenvalue weighted by Gasteiger charge is 2.24. The molecule has 2 unspecified atom stereocenters. The van der Waals surface area contributed by atoms with Crippen LogP contribution in [0.2, 0.25) is 0 Å². The molecule has 1 amide bonds. The fourth-order valence-electron chi connectivity index (χ4n) is 2.63. The number of carbonyl (C=O) groups excluding carboxylic acids is 1. The lowest BCUT2D eigenvalue weighted by atomic mass is 9.85. The van der Waals surface area contributed by atoms with Gasteiger partial charge in [0.25, 0.3) is 0 Å². The van der Waals surface area contributed by atoms with E-state index < -0.39 is 0 Å². The topological polar surface area (TPSA) is 55.1 Å². The van der Waals surface area contributed by atoms with Crippen molar-refractivity contribution in [1.82, 2.24) is 5.32 Å². The van der Waals surface area contributed by atoms with Crippen molar-refractivity contribution >= 4 is 18.3 Å². The van der Waals surface area contributed by atoms with E-state index in [1.165, 1.54) is 12.1 Å². The average molecular weight is 301 g/mol. The molecule has 3 N–H and O–H groups in total. The normalized spacial score (nSPS) is 21.9. The predicted molar refractivity (Wildman–Crippen MR) is 80.3 cm³/mol. The molecular weight excluding hydrogens is 279 g/mol. The van der Waals surface area contributed by atoms with Crippen LogP contribution in [-0.4, -0.2) is 18.5 Å². The number of carbonyl (C=O) groups is 1. The molecule has 3 nitrogen and oxygen atoms in total. The molecule has 1 aliphatic rings. The molecule has 0 aromatic heterocycles. The van der Waals surface area contributed by atoms with Crippen LogP contribution in [0.5, 0.6) is 0 Å². The van der Waals surface area contributed by atoms with Gasteiger partial charge in [0.05, 0.1) is 0 Å². The molecule has 1 aliphatic carbocycles. The summed E-state index contributed by atoms with van der Waals surface area (Å²) in [5.41, 5.74) is 6.78. The van der Waals surface area contributed by atoms with E-state index in [1.807, 2.05) is 6.07 Å². The Bertz CT molecular complexity index is 442. The van der Waals surface area contributed by atoms with E-state index in [0.717, 1.165) is 31.2 Å². The van der Waals surface area contributed by atoms with Crippen LogP contribution >= 0.6 is 12.4 Å². The Morgan fingerprint density at radius 1 is 1.40 bits per heavy atom. The summed E-state index contributed by atoms with van der Waals surface area (Å²) in [5, 5.41) is 2.92. The van der Waals surface area contributed by atoms with Gasteiger partial charge in [-0.3, -0.25) is 4.79 Å². The number of rotatable bonds is 4. The van der Waals surface area contributed by atoms with Crippen molar-refractivity contribution in [3.63, 3.8) is 0 Å². The highest BCUT2D eigenvalue weighted by atomic mass is 35.5. The molecule has 2 atom stereocenters. The third-order valence-corrected chi connectivity index (χ3v) is 3.69. The highest BCUT2D eigenvalue weighted by molar-refractivity contribution is 5.85. The maximum absolute atomic E-state index is 13.0. The molecule has 0 bridgehead atoms. The predicted octanol–water partition coefficient (Wildman–Crippen LogP) is 2.42. The number of nitrogens with one attached hydrogen (secondary N) is 1. The minimum Gasteiger partial charge on any atom is -0.356 e. The van der Waals surface area contributed by atoms with Crippen molar-refractivity contribution in [2.75, 3.05) is 6.54 Å². The van der Waals surface area contributed by atoms with Crippen LogP contribution in [0, 0.1) is 11.7 Å². The summed E-state index contributed by atoms with van der Waals surface area (Å²) >= 11 is 0. The van der Waals surface area contributed by atoms with Gasteiger partial charge < -0.3 is 11.1 Å². The van der Waals surface area contributed by atoms with Crippen LogP contribution in [0.25, 0.3) is 0 Å². The van der Waals surface area contributed by atoms with Gasteiger partial charge in [-0.2, -0.15) is 0 Å². The van der Waals surface area contributed by atoms with Gasteiger partial charge in [0.15, 0.2) is 0 Å². The fraction of sp³-hybridized carbons (Fsp3) is 0.533. The van der Waals surface area contributed by atoms with Gasteiger partial charge in [0.1, 0.15) is 5.82 Å². The fourth-order valence-corrected chi connectivity index (χ4v) is 2.63. The van der Waals surface area contributed by atoms with Crippen molar-refractivity contribution in [3.8, 4) is 0 Å². The first-order valence-electron chi connectivity index (χ1n) is 6.93. The lowest BCUT2D eigenvalue weighted by molar-refractivity contribution is -0.126. The smallest absolute Gasteiger partial charge is 0.223 e. The molecule has 5 heteroatoms. The molecule has 0 radical (unpaired) electrons. The van der Waals surface area contributed by atoms with E-state index in [-0.39, 0.29) is 36.1 Å². The molecule has 1 aromatic carbocycles. The van der Waals surface area contributed by atoms with Gasteiger partial charge >= 0.3 is 0 Å². The first kappa shape index (κ1) is 16.9. The summed E-state index contributed by atoms with van der Waals surface area (Å²) in [6, 6.07) is 6.64. The number of benzene rings is 1. The zero-order chi connectivity index (χ0) is 13.7. The van der Waals surface area contributed by atoms with Crippen LogP contribution in [0.3, 0.4) is 0 Å². The molecule has 1 fully saturated rings. The van der Waals surface area contributed by atoms with Gasteiger partial charge in [-0.05, 0) is 43.4 Å². The Labute approximate surface area is 125 Å². The maximum atomic E-state index is 13.0. The zero-order valence-electron chi connectivity index (χ0n) is 11.5. The largest absolute Gasteiger partial charge is 0.356 e. The molecule has 0 spiro atoms. The second-order valence-corrected chi connectivity index (χ2v) is 5.29. The minimum atomic E-state index is -0.234. The number of hydrogen-bond acceptors (Lipinski definition) is 2. The summed E-state index contributed by atoms with van der Waals surface area (Å²) in [6.45, 7) is 0.550. The van der Waals surface area contributed by atoms with Crippen molar-refractivity contribution in [2.24, 2.45) is 11.7 Å². The second-order valence-electron chi connectivity index (χ2n) is 5.29. The Kier molecular flexibility index (Phi) is 6.96. The summed E-state index contributed by atoms with van der Waals surface area (Å²) in [4.78, 5) is 12.0. The molecule has 0 saturated heterocycles. The molecule has 0 heterocycles. The second kappa shape index (κ2) is 8.22. The quantitative estimate of drug-likeness (QED) is 0.897. The molecule has 20 heavy (non-hydrogen) atoms. The molecule has 112 valence electrons. The summed E-state index contributed by atoms with van der Waals surface area (Å²) < 4.78 is 13.0. The lowest BCUT2D eigenvalue weighted by Gasteiger charge is -2.25. The number of amides is 1. The zero-order valence-corrected chi connectivity index (χ0v) is 12.3.